The smallest absolute Gasteiger partial charge is 0.255 e. The number of fused-ring (bicyclic) bond motifs is 1. The first kappa shape index (κ1) is 12.2. The fraction of sp³-hybridized carbons (Fsp3) is 0.308. The van der Waals surface area contributed by atoms with Gasteiger partial charge in [-0.1, -0.05) is 22.0 Å². The number of carbonyl (C=O) groups is 1. The fourth-order valence-corrected chi connectivity index (χ4v) is 2.23. The lowest BCUT2D eigenvalue weighted by Crippen LogP contribution is -2.25. The van der Waals surface area contributed by atoms with Crippen molar-refractivity contribution in [3.63, 3.8) is 0 Å². The maximum Gasteiger partial charge on any atom is 0.255 e. The van der Waals surface area contributed by atoms with Crippen LogP contribution in [0.2, 0.25) is 0 Å². The van der Waals surface area contributed by atoms with E-state index in [1.54, 1.807) is 4.90 Å². The van der Waals surface area contributed by atoms with Crippen LogP contribution in [0.5, 0.6) is 0 Å². The lowest BCUT2D eigenvalue weighted by Gasteiger charge is -2.13. The summed E-state index contributed by atoms with van der Waals surface area (Å²) in [6.45, 7) is 2.69. The van der Waals surface area contributed by atoms with E-state index in [4.69, 9.17) is 0 Å². The standard InChI is InChI=1S/C13H15BrN2O/c1-4-15(2)13(17)11-8-16(3)12-7-9(14)5-6-10(11)12/h5-8H,4H2,1-3H3. The maximum absolute atomic E-state index is 12.2. The van der Waals surface area contributed by atoms with E-state index in [2.05, 4.69) is 15.9 Å². The van der Waals surface area contributed by atoms with Crippen molar-refractivity contribution in [3.05, 3.63) is 34.4 Å². The van der Waals surface area contributed by atoms with Crippen molar-refractivity contribution >= 4 is 32.7 Å². The molecular formula is C13H15BrN2O. The van der Waals surface area contributed by atoms with Gasteiger partial charge in [0.15, 0.2) is 0 Å². The Hall–Kier alpha value is -1.29. The summed E-state index contributed by atoms with van der Waals surface area (Å²) in [4.78, 5) is 13.9. The van der Waals surface area contributed by atoms with Crippen LogP contribution in [0.15, 0.2) is 28.9 Å². The molecule has 2 rings (SSSR count). The number of hydrogen-bond acceptors (Lipinski definition) is 1. The summed E-state index contributed by atoms with van der Waals surface area (Å²) >= 11 is 3.45. The van der Waals surface area contributed by atoms with Crippen LogP contribution in [0.4, 0.5) is 0 Å². The second kappa shape index (κ2) is 4.53. The highest BCUT2D eigenvalue weighted by Gasteiger charge is 2.16. The first-order chi connectivity index (χ1) is 8.04. The van der Waals surface area contributed by atoms with Crippen LogP contribution in [-0.4, -0.2) is 29.0 Å². The monoisotopic (exact) mass is 294 g/mol. The normalized spacial score (nSPS) is 10.8. The van der Waals surface area contributed by atoms with E-state index < -0.39 is 0 Å². The zero-order valence-corrected chi connectivity index (χ0v) is 11.8. The van der Waals surface area contributed by atoms with Gasteiger partial charge in [0, 0.05) is 42.2 Å². The van der Waals surface area contributed by atoms with Gasteiger partial charge in [-0.3, -0.25) is 4.79 Å². The summed E-state index contributed by atoms with van der Waals surface area (Å²) < 4.78 is 3.01. The summed E-state index contributed by atoms with van der Waals surface area (Å²) in [5, 5.41) is 1.00. The van der Waals surface area contributed by atoms with Crippen molar-refractivity contribution in [3.8, 4) is 0 Å². The average Bonchev–Trinajstić information content (AvgIpc) is 2.64. The second-order valence-corrected chi connectivity index (χ2v) is 5.05. The molecule has 4 heteroatoms. The molecular weight excluding hydrogens is 280 g/mol. The van der Waals surface area contributed by atoms with E-state index >= 15 is 0 Å². The highest BCUT2D eigenvalue weighted by atomic mass is 79.9. The average molecular weight is 295 g/mol. The molecule has 90 valence electrons. The van der Waals surface area contributed by atoms with Gasteiger partial charge in [-0.05, 0) is 19.1 Å². The van der Waals surface area contributed by atoms with Gasteiger partial charge in [-0.15, -0.1) is 0 Å². The van der Waals surface area contributed by atoms with Crippen molar-refractivity contribution in [2.45, 2.75) is 6.92 Å². The summed E-state index contributed by atoms with van der Waals surface area (Å²) in [5.41, 5.74) is 1.83. The molecule has 0 fully saturated rings. The van der Waals surface area contributed by atoms with Gasteiger partial charge in [-0.2, -0.15) is 0 Å². The molecule has 0 saturated heterocycles. The Morgan fingerprint density at radius 1 is 1.47 bits per heavy atom. The van der Waals surface area contributed by atoms with Crippen LogP contribution < -0.4 is 0 Å². The molecule has 0 aliphatic carbocycles. The van der Waals surface area contributed by atoms with Gasteiger partial charge < -0.3 is 9.47 Å². The Kier molecular flexibility index (Phi) is 3.24. The van der Waals surface area contributed by atoms with Crippen molar-refractivity contribution < 1.29 is 4.79 Å². The first-order valence-corrected chi connectivity index (χ1v) is 6.34. The van der Waals surface area contributed by atoms with E-state index in [9.17, 15) is 4.79 Å². The van der Waals surface area contributed by atoms with Crippen molar-refractivity contribution in [1.29, 1.82) is 0 Å². The largest absolute Gasteiger partial charge is 0.350 e. The molecule has 0 spiro atoms. The molecule has 1 aromatic heterocycles. The number of benzene rings is 1. The minimum Gasteiger partial charge on any atom is -0.350 e. The van der Waals surface area contributed by atoms with Gasteiger partial charge >= 0.3 is 0 Å². The maximum atomic E-state index is 12.2. The van der Waals surface area contributed by atoms with Crippen molar-refractivity contribution in [2.75, 3.05) is 13.6 Å². The Bertz CT molecular complexity index is 574. The molecule has 1 aromatic carbocycles. The molecule has 3 nitrogen and oxygen atoms in total. The van der Waals surface area contributed by atoms with E-state index in [0.29, 0.717) is 6.54 Å². The first-order valence-electron chi connectivity index (χ1n) is 5.54. The number of rotatable bonds is 2. The highest BCUT2D eigenvalue weighted by molar-refractivity contribution is 9.10. The number of hydrogen-bond donors (Lipinski definition) is 0. The lowest BCUT2D eigenvalue weighted by molar-refractivity contribution is 0.0804. The van der Waals surface area contributed by atoms with E-state index in [1.165, 1.54) is 0 Å². The number of nitrogens with zero attached hydrogens (tertiary/aromatic N) is 2. The number of amides is 1. The van der Waals surface area contributed by atoms with Crippen LogP contribution in [0, 0.1) is 0 Å². The molecule has 0 aliphatic heterocycles. The summed E-state index contributed by atoms with van der Waals surface area (Å²) in [6.07, 6.45) is 1.89. The van der Waals surface area contributed by atoms with E-state index in [1.807, 2.05) is 50.0 Å². The van der Waals surface area contributed by atoms with E-state index in [0.717, 1.165) is 20.9 Å². The molecule has 0 unspecified atom stereocenters. The number of aryl methyl sites for hydroxylation is 1. The SMILES string of the molecule is CCN(C)C(=O)c1cn(C)c2cc(Br)ccc12. The molecule has 0 radical (unpaired) electrons. The quantitative estimate of drug-likeness (QED) is 0.836. The van der Waals surface area contributed by atoms with E-state index in [-0.39, 0.29) is 5.91 Å². The number of carbonyl (C=O) groups excluding carboxylic acids is 1. The minimum atomic E-state index is 0.0698. The van der Waals surface area contributed by atoms with Gasteiger partial charge in [0.05, 0.1) is 5.56 Å². The molecule has 1 heterocycles. The van der Waals surface area contributed by atoms with Crippen molar-refractivity contribution in [2.24, 2.45) is 7.05 Å². The zero-order chi connectivity index (χ0) is 12.6. The van der Waals surface area contributed by atoms with Gasteiger partial charge in [0.25, 0.3) is 5.91 Å². The molecule has 0 N–H and O–H groups in total. The topological polar surface area (TPSA) is 25.2 Å². The highest BCUT2D eigenvalue weighted by Crippen LogP contribution is 2.25. The third-order valence-electron chi connectivity index (χ3n) is 3.00. The van der Waals surface area contributed by atoms with Crippen LogP contribution in [-0.2, 0) is 7.05 Å². The molecule has 1 amide bonds. The second-order valence-electron chi connectivity index (χ2n) is 4.13. The van der Waals surface area contributed by atoms with Crippen LogP contribution in [0.1, 0.15) is 17.3 Å². The van der Waals surface area contributed by atoms with Crippen LogP contribution in [0.25, 0.3) is 10.9 Å². The molecule has 0 saturated carbocycles. The third-order valence-corrected chi connectivity index (χ3v) is 3.50. The third kappa shape index (κ3) is 2.09. The number of aromatic nitrogens is 1. The summed E-state index contributed by atoms with van der Waals surface area (Å²) in [6, 6.07) is 5.97. The zero-order valence-electron chi connectivity index (χ0n) is 10.2. The van der Waals surface area contributed by atoms with Crippen LogP contribution in [0.3, 0.4) is 0 Å². The predicted octanol–water partition coefficient (Wildman–Crippen LogP) is 3.03. The fourth-order valence-electron chi connectivity index (χ4n) is 1.88. The Morgan fingerprint density at radius 3 is 2.82 bits per heavy atom. The summed E-state index contributed by atoms with van der Waals surface area (Å²) in [5.74, 6) is 0.0698. The lowest BCUT2D eigenvalue weighted by atomic mass is 10.1. The Balaban J connectivity index is 2.60. The summed E-state index contributed by atoms with van der Waals surface area (Å²) in [7, 11) is 3.78. The minimum absolute atomic E-state index is 0.0698. The van der Waals surface area contributed by atoms with Gasteiger partial charge in [0.1, 0.15) is 0 Å². The van der Waals surface area contributed by atoms with Crippen LogP contribution >= 0.6 is 15.9 Å². The Morgan fingerprint density at radius 2 is 2.18 bits per heavy atom. The van der Waals surface area contributed by atoms with Crippen molar-refractivity contribution in [1.82, 2.24) is 9.47 Å². The van der Waals surface area contributed by atoms with Gasteiger partial charge in [-0.25, -0.2) is 0 Å². The van der Waals surface area contributed by atoms with Gasteiger partial charge in [0.2, 0.25) is 0 Å². The molecule has 17 heavy (non-hydrogen) atoms. The molecule has 0 aliphatic rings. The molecule has 2 aromatic rings. The Labute approximate surface area is 109 Å². The number of halogens is 1. The predicted molar refractivity (Wildman–Crippen MR) is 73.3 cm³/mol. The molecule has 0 atom stereocenters. The molecule has 0 bridgehead atoms.